The summed E-state index contributed by atoms with van der Waals surface area (Å²) in [5.41, 5.74) is 2.06. The summed E-state index contributed by atoms with van der Waals surface area (Å²) in [4.78, 5) is 28.0. The van der Waals surface area contributed by atoms with Crippen LogP contribution in [0.2, 0.25) is 0 Å². The Balaban J connectivity index is 2.50. The highest BCUT2D eigenvalue weighted by atomic mass is 16.7. The molecule has 1 aromatic rings. The van der Waals surface area contributed by atoms with Gasteiger partial charge in [0.05, 0.1) is 32.5 Å². The molecule has 2 rings (SSSR count). The summed E-state index contributed by atoms with van der Waals surface area (Å²) >= 11 is 0. The van der Waals surface area contributed by atoms with E-state index in [2.05, 4.69) is 5.16 Å². The molecule has 0 spiro atoms. The fraction of sp³-hybridized carbons (Fsp3) is 0.471. The van der Waals surface area contributed by atoms with E-state index in [-0.39, 0.29) is 5.97 Å². The van der Waals surface area contributed by atoms with Gasteiger partial charge < -0.3 is 19.0 Å². The van der Waals surface area contributed by atoms with E-state index in [1.165, 1.54) is 14.0 Å². The van der Waals surface area contributed by atoms with Crippen molar-refractivity contribution < 1.29 is 28.6 Å². The zero-order valence-electron chi connectivity index (χ0n) is 14.3. The van der Waals surface area contributed by atoms with Gasteiger partial charge in [-0.1, -0.05) is 5.16 Å². The Kier molecular flexibility index (Phi) is 5.78. The molecule has 0 aromatic heterocycles. The lowest BCUT2D eigenvalue weighted by atomic mass is 9.82. The number of methoxy groups -OCH3 is 2. The second-order valence-electron chi connectivity index (χ2n) is 5.31. The number of oxime groups is 1. The lowest BCUT2D eigenvalue weighted by molar-refractivity contribution is -0.147. The molecule has 24 heavy (non-hydrogen) atoms. The topological polar surface area (TPSA) is 83.4 Å². The third-order valence-corrected chi connectivity index (χ3v) is 3.75. The first-order valence-corrected chi connectivity index (χ1v) is 7.67. The van der Waals surface area contributed by atoms with Crippen LogP contribution in [0.1, 0.15) is 31.4 Å². The SMILES string of the molecule is CCOC(=O)C1C/C(=N/OC(C)=O)c2ccc(OC)c(OC)c2C1. The molecule has 0 radical (unpaired) electrons. The van der Waals surface area contributed by atoms with Crippen LogP contribution in [0.5, 0.6) is 11.5 Å². The van der Waals surface area contributed by atoms with Crippen molar-refractivity contribution in [2.24, 2.45) is 11.1 Å². The van der Waals surface area contributed by atoms with Gasteiger partial charge in [0.1, 0.15) is 0 Å². The monoisotopic (exact) mass is 335 g/mol. The summed E-state index contributed by atoms with van der Waals surface area (Å²) in [6.45, 7) is 3.32. The van der Waals surface area contributed by atoms with Crippen molar-refractivity contribution in [2.75, 3.05) is 20.8 Å². The predicted octanol–water partition coefficient (Wildman–Crippen LogP) is 2.10. The van der Waals surface area contributed by atoms with Crippen molar-refractivity contribution in [1.29, 1.82) is 0 Å². The third kappa shape index (κ3) is 3.67. The standard InChI is InChI=1S/C17H21NO6/c1-5-23-17(20)11-8-13-12(14(9-11)18-24-10(2)19)6-7-15(21-3)16(13)22-4/h6-7,11H,5,8-9H2,1-4H3/b18-14-. The molecule has 130 valence electrons. The first-order valence-electron chi connectivity index (χ1n) is 7.67. The van der Waals surface area contributed by atoms with Gasteiger partial charge in [-0.15, -0.1) is 0 Å². The molecule has 0 saturated carbocycles. The van der Waals surface area contributed by atoms with Crippen LogP contribution in [-0.2, 0) is 25.6 Å². The average molecular weight is 335 g/mol. The van der Waals surface area contributed by atoms with Crippen molar-refractivity contribution in [3.63, 3.8) is 0 Å². The van der Waals surface area contributed by atoms with E-state index in [0.29, 0.717) is 36.7 Å². The summed E-state index contributed by atoms with van der Waals surface area (Å²) in [6, 6.07) is 3.58. The van der Waals surface area contributed by atoms with E-state index in [1.807, 2.05) is 6.07 Å². The quantitative estimate of drug-likeness (QED) is 0.465. The number of benzene rings is 1. The fourth-order valence-corrected chi connectivity index (χ4v) is 2.76. The molecule has 1 unspecified atom stereocenters. The van der Waals surface area contributed by atoms with Gasteiger partial charge in [-0.05, 0) is 25.5 Å². The van der Waals surface area contributed by atoms with Gasteiger partial charge in [0.2, 0.25) is 0 Å². The van der Waals surface area contributed by atoms with Crippen molar-refractivity contribution in [2.45, 2.75) is 26.7 Å². The molecule has 0 fully saturated rings. The summed E-state index contributed by atoms with van der Waals surface area (Å²) in [6.07, 6.45) is 0.766. The summed E-state index contributed by atoms with van der Waals surface area (Å²) in [5, 5.41) is 3.91. The molecule has 0 saturated heterocycles. The Morgan fingerprint density at radius 1 is 1.21 bits per heavy atom. The van der Waals surface area contributed by atoms with Crippen LogP contribution in [0.25, 0.3) is 0 Å². The Hall–Kier alpha value is -2.57. The molecule has 0 aliphatic heterocycles. The predicted molar refractivity (Wildman–Crippen MR) is 86.3 cm³/mol. The van der Waals surface area contributed by atoms with Gasteiger partial charge in [-0.25, -0.2) is 4.79 Å². The van der Waals surface area contributed by atoms with Gasteiger partial charge in [0.15, 0.2) is 11.5 Å². The number of carbonyl (C=O) groups excluding carboxylic acids is 2. The van der Waals surface area contributed by atoms with E-state index >= 15 is 0 Å². The van der Waals surface area contributed by atoms with Crippen LogP contribution in [0.3, 0.4) is 0 Å². The average Bonchev–Trinajstić information content (AvgIpc) is 2.58. The van der Waals surface area contributed by atoms with Crippen LogP contribution in [0.4, 0.5) is 0 Å². The minimum atomic E-state index is -0.525. The number of hydrogen-bond donors (Lipinski definition) is 0. The van der Waals surface area contributed by atoms with E-state index in [1.54, 1.807) is 20.1 Å². The minimum absolute atomic E-state index is 0.299. The summed E-state index contributed by atoms with van der Waals surface area (Å²) in [7, 11) is 3.08. The minimum Gasteiger partial charge on any atom is -0.493 e. The van der Waals surface area contributed by atoms with Gasteiger partial charge >= 0.3 is 11.9 Å². The highest BCUT2D eigenvalue weighted by molar-refractivity contribution is 6.05. The molecule has 1 aliphatic rings. The van der Waals surface area contributed by atoms with Gasteiger partial charge in [0.25, 0.3) is 0 Å². The first-order chi connectivity index (χ1) is 11.5. The molecule has 0 N–H and O–H groups in total. The normalized spacial score (nSPS) is 17.8. The zero-order valence-corrected chi connectivity index (χ0v) is 14.3. The maximum Gasteiger partial charge on any atom is 0.331 e. The second-order valence-corrected chi connectivity index (χ2v) is 5.31. The lowest BCUT2D eigenvalue weighted by Crippen LogP contribution is -2.29. The lowest BCUT2D eigenvalue weighted by Gasteiger charge is -2.26. The number of nitrogens with zero attached hydrogens (tertiary/aromatic N) is 1. The van der Waals surface area contributed by atoms with Crippen LogP contribution in [0.15, 0.2) is 17.3 Å². The van der Waals surface area contributed by atoms with Gasteiger partial charge in [-0.3, -0.25) is 4.79 Å². The largest absolute Gasteiger partial charge is 0.493 e. The van der Waals surface area contributed by atoms with Crippen molar-refractivity contribution >= 4 is 17.7 Å². The Morgan fingerprint density at radius 3 is 2.54 bits per heavy atom. The smallest absolute Gasteiger partial charge is 0.331 e. The number of esters is 1. The van der Waals surface area contributed by atoms with E-state index < -0.39 is 11.9 Å². The van der Waals surface area contributed by atoms with Gasteiger partial charge in [0, 0.05) is 24.5 Å². The molecular weight excluding hydrogens is 314 g/mol. The second kappa shape index (κ2) is 7.81. The maximum atomic E-state index is 12.2. The first kappa shape index (κ1) is 17.8. The molecule has 1 atom stereocenters. The van der Waals surface area contributed by atoms with Crippen LogP contribution < -0.4 is 9.47 Å². The molecule has 0 amide bonds. The summed E-state index contributed by atoms with van der Waals surface area (Å²) in [5.74, 6) is -0.161. The number of rotatable bonds is 5. The highest BCUT2D eigenvalue weighted by Gasteiger charge is 2.33. The molecule has 7 heteroatoms. The zero-order chi connectivity index (χ0) is 17.7. The van der Waals surface area contributed by atoms with Crippen LogP contribution in [-0.4, -0.2) is 38.5 Å². The van der Waals surface area contributed by atoms with Crippen LogP contribution >= 0.6 is 0 Å². The number of hydrogen-bond acceptors (Lipinski definition) is 7. The Bertz CT molecular complexity index is 667. The summed E-state index contributed by atoms with van der Waals surface area (Å²) < 4.78 is 15.9. The number of ether oxygens (including phenoxy) is 3. The Morgan fingerprint density at radius 2 is 1.96 bits per heavy atom. The maximum absolute atomic E-state index is 12.2. The third-order valence-electron chi connectivity index (χ3n) is 3.75. The van der Waals surface area contributed by atoms with Crippen molar-refractivity contribution in [3.05, 3.63) is 23.3 Å². The molecule has 7 nitrogen and oxygen atoms in total. The molecular formula is C17H21NO6. The number of fused-ring (bicyclic) bond motifs is 1. The van der Waals surface area contributed by atoms with Crippen molar-refractivity contribution in [3.8, 4) is 11.5 Å². The molecule has 0 bridgehead atoms. The van der Waals surface area contributed by atoms with E-state index in [9.17, 15) is 9.59 Å². The highest BCUT2D eigenvalue weighted by Crippen LogP contribution is 2.39. The van der Waals surface area contributed by atoms with E-state index in [0.717, 1.165) is 11.1 Å². The Labute approximate surface area is 140 Å². The number of carbonyl (C=O) groups is 2. The van der Waals surface area contributed by atoms with Crippen LogP contribution in [0, 0.1) is 5.92 Å². The molecule has 1 aliphatic carbocycles. The van der Waals surface area contributed by atoms with Gasteiger partial charge in [-0.2, -0.15) is 0 Å². The molecule has 1 aromatic carbocycles. The fourth-order valence-electron chi connectivity index (χ4n) is 2.76. The van der Waals surface area contributed by atoms with E-state index in [4.69, 9.17) is 19.0 Å². The van der Waals surface area contributed by atoms with Crippen molar-refractivity contribution in [1.82, 2.24) is 0 Å². The molecule has 0 heterocycles.